The summed E-state index contributed by atoms with van der Waals surface area (Å²) in [6, 6.07) is 6.12. The molecule has 0 spiro atoms. The van der Waals surface area contributed by atoms with Crippen molar-refractivity contribution in [1.29, 1.82) is 0 Å². The van der Waals surface area contributed by atoms with E-state index >= 15 is 0 Å². The van der Waals surface area contributed by atoms with Crippen LogP contribution in [0.25, 0.3) is 10.9 Å². The average Bonchev–Trinajstić information content (AvgIpc) is 2.73. The first-order chi connectivity index (χ1) is 14.4. The summed E-state index contributed by atoms with van der Waals surface area (Å²) >= 11 is 0. The predicted molar refractivity (Wildman–Crippen MR) is 104 cm³/mol. The van der Waals surface area contributed by atoms with Gasteiger partial charge in [0, 0.05) is 30.8 Å². The number of aliphatic hydroxyl groups excluding tert-OH is 1. The number of ether oxygens (including phenoxy) is 1. The van der Waals surface area contributed by atoms with Crippen molar-refractivity contribution in [3.8, 4) is 5.75 Å². The first-order valence-electron chi connectivity index (χ1n) is 9.57. The molecule has 9 heteroatoms. The lowest BCUT2D eigenvalue weighted by molar-refractivity contribution is 0.0441. The van der Waals surface area contributed by atoms with Crippen molar-refractivity contribution in [2.75, 3.05) is 19.8 Å². The van der Waals surface area contributed by atoms with Crippen LogP contribution in [0.5, 0.6) is 5.75 Å². The van der Waals surface area contributed by atoms with Gasteiger partial charge in [-0.1, -0.05) is 0 Å². The van der Waals surface area contributed by atoms with E-state index in [1.165, 1.54) is 10.9 Å². The maximum Gasteiger partial charge on any atom is 0.280 e. The first kappa shape index (κ1) is 20.4. The maximum atomic E-state index is 14.0. The smallest absolute Gasteiger partial charge is 0.280 e. The lowest BCUT2D eigenvalue weighted by Gasteiger charge is -2.30. The number of piperidine rings is 1. The van der Waals surface area contributed by atoms with Crippen LogP contribution in [-0.4, -0.2) is 45.5 Å². The zero-order valence-electron chi connectivity index (χ0n) is 16.0. The van der Waals surface area contributed by atoms with Crippen molar-refractivity contribution in [2.45, 2.75) is 25.5 Å². The number of aliphatic hydroxyl groups is 1. The number of aromatic nitrogens is 2. The Bertz CT molecular complexity index is 1100. The largest absolute Gasteiger partial charge is 0.490 e. The summed E-state index contributed by atoms with van der Waals surface area (Å²) < 4.78 is 48.6. The Morgan fingerprint density at radius 2 is 1.80 bits per heavy atom. The van der Waals surface area contributed by atoms with Gasteiger partial charge in [-0.2, -0.15) is 4.98 Å². The van der Waals surface area contributed by atoms with Gasteiger partial charge < -0.3 is 14.4 Å². The average molecular weight is 419 g/mol. The lowest BCUT2D eigenvalue weighted by Crippen LogP contribution is -2.38. The number of nitrogens with zero attached hydrogens (tertiary/aromatic N) is 3. The summed E-state index contributed by atoms with van der Waals surface area (Å²) in [7, 11) is 0. The van der Waals surface area contributed by atoms with Crippen molar-refractivity contribution in [3.05, 3.63) is 70.0 Å². The topological polar surface area (TPSA) is 67.6 Å². The molecular formula is C21H20F3N3O3. The van der Waals surface area contributed by atoms with Crippen LogP contribution < -0.4 is 10.3 Å². The van der Waals surface area contributed by atoms with Crippen LogP contribution in [-0.2, 0) is 6.54 Å². The van der Waals surface area contributed by atoms with Gasteiger partial charge in [-0.3, -0.25) is 9.69 Å². The van der Waals surface area contributed by atoms with Crippen molar-refractivity contribution in [2.24, 2.45) is 0 Å². The monoisotopic (exact) mass is 419 g/mol. The van der Waals surface area contributed by atoms with Crippen LogP contribution in [0.15, 0.2) is 41.5 Å². The van der Waals surface area contributed by atoms with E-state index in [0.29, 0.717) is 23.4 Å². The zero-order valence-corrected chi connectivity index (χ0v) is 16.0. The van der Waals surface area contributed by atoms with Gasteiger partial charge in [-0.25, -0.2) is 13.2 Å². The predicted octanol–water partition coefficient (Wildman–Crippen LogP) is 2.66. The van der Waals surface area contributed by atoms with Crippen LogP contribution >= 0.6 is 0 Å². The summed E-state index contributed by atoms with van der Waals surface area (Å²) in [5, 5.41) is 9.43. The third kappa shape index (κ3) is 4.17. The summed E-state index contributed by atoms with van der Waals surface area (Å²) in [6.45, 7) is 1.21. The van der Waals surface area contributed by atoms with Crippen molar-refractivity contribution in [3.63, 3.8) is 0 Å². The number of halogens is 3. The van der Waals surface area contributed by atoms with Crippen LogP contribution in [0.3, 0.4) is 0 Å². The van der Waals surface area contributed by atoms with Gasteiger partial charge in [0.05, 0.1) is 30.5 Å². The minimum Gasteiger partial charge on any atom is -0.490 e. The minimum absolute atomic E-state index is 0.0170. The zero-order chi connectivity index (χ0) is 21.3. The molecule has 0 amide bonds. The van der Waals surface area contributed by atoms with E-state index in [2.05, 4.69) is 4.98 Å². The van der Waals surface area contributed by atoms with Gasteiger partial charge in [0.25, 0.3) is 5.56 Å². The Balaban J connectivity index is 1.61. The molecule has 1 saturated heterocycles. The quantitative estimate of drug-likeness (QED) is 0.689. The van der Waals surface area contributed by atoms with Gasteiger partial charge in [0.1, 0.15) is 29.3 Å². The molecule has 0 unspecified atom stereocenters. The SMILES string of the molecule is O=c1ncn(Cc2c(F)cc(F)cc2F)c2ccc(OC3CCN(CO)CC3)cc12. The third-order valence-electron chi connectivity index (χ3n) is 5.29. The van der Waals surface area contributed by atoms with Crippen LogP contribution in [0.4, 0.5) is 13.2 Å². The van der Waals surface area contributed by atoms with Gasteiger partial charge in [0.2, 0.25) is 0 Å². The van der Waals surface area contributed by atoms with Crippen molar-refractivity contribution >= 4 is 10.9 Å². The second-order valence-electron chi connectivity index (χ2n) is 7.28. The second-order valence-corrected chi connectivity index (χ2v) is 7.28. The molecule has 1 N–H and O–H groups in total. The van der Waals surface area contributed by atoms with Crippen LogP contribution in [0.2, 0.25) is 0 Å². The Kier molecular flexibility index (Phi) is 5.74. The molecule has 0 aliphatic carbocycles. The number of hydrogen-bond donors (Lipinski definition) is 1. The minimum atomic E-state index is -1.01. The highest BCUT2D eigenvalue weighted by Crippen LogP contribution is 2.24. The molecule has 1 aromatic heterocycles. The van der Waals surface area contributed by atoms with E-state index in [9.17, 15) is 23.1 Å². The van der Waals surface area contributed by atoms with Crippen molar-refractivity contribution < 1.29 is 23.0 Å². The van der Waals surface area contributed by atoms with Gasteiger partial charge >= 0.3 is 0 Å². The molecule has 0 bridgehead atoms. The fraction of sp³-hybridized carbons (Fsp3) is 0.333. The number of likely N-dealkylation sites (tertiary alicyclic amines) is 1. The number of fused-ring (bicyclic) bond motifs is 1. The second kappa shape index (κ2) is 8.45. The standard InChI is InChI=1S/C21H20F3N3O3/c22-13-7-18(23)17(19(24)8-13)10-27-11-25-21(29)16-9-15(1-2-20(16)27)30-14-3-5-26(12-28)6-4-14/h1-2,7-9,11,14,28H,3-6,10,12H2. The highest BCUT2D eigenvalue weighted by atomic mass is 19.1. The van der Waals surface area contributed by atoms with E-state index in [4.69, 9.17) is 4.74 Å². The molecule has 158 valence electrons. The molecular weight excluding hydrogens is 399 g/mol. The maximum absolute atomic E-state index is 14.0. The number of hydrogen-bond acceptors (Lipinski definition) is 5. The molecule has 30 heavy (non-hydrogen) atoms. The molecule has 1 fully saturated rings. The Morgan fingerprint density at radius 1 is 1.10 bits per heavy atom. The van der Waals surface area contributed by atoms with E-state index in [-0.39, 0.29) is 30.3 Å². The van der Waals surface area contributed by atoms with E-state index < -0.39 is 23.0 Å². The molecule has 1 aliphatic rings. The fourth-order valence-corrected chi connectivity index (χ4v) is 3.64. The highest BCUT2D eigenvalue weighted by molar-refractivity contribution is 5.79. The molecule has 0 radical (unpaired) electrons. The summed E-state index contributed by atoms with van der Waals surface area (Å²) in [6.07, 6.45) is 2.67. The summed E-state index contributed by atoms with van der Waals surface area (Å²) in [5.74, 6) is -2.51. The van der Waals surface area contributed by atoms with E-state index in [0.717, 1.165) is 25.9 Å². The molecule has 2 aromatic carbocycles. The summed E-state index contributed by atoms with van der Waals surface area (Å²) in [5.41, 5.74) is -0.374. The Labute approximate surface area is 170 Å². The van der Waals surface area contributed by atoms with Crippen molar-refractivity contribution in [1.82, 2.24) is 14.5 Å². The normalized spacial score (nSPS) is 15.6. The van der Waals surface area contributed by atoms with E-state index in [1.807, 2.05) is 4.90 Å². The molecule has 4 rings (SSSR count). The van der Waals surface area contributed by atoms with Crippen LogP contribution in [0, 0.1) is 17.5 Å². The molecule has 2 heterocycles. The molecule has 3 aromatic rings. The fourth-order valence-electron chi connectivity index (χ4n) is 3.64. The Hall–Kier alpha value is -2.91. The first-order valence-corrected chi connectivity index (χ1v) is 9.57. The Morgan fingerprint density at radius 3 is 2.47 bits per heavy atom. The molecule has 6 nitrogen and oxygen atoms in total. The highest BCUT2D eigenvalue weighted by Gasteiger charge is 2.20. The third-order valence-corrected chi connectivity index (χ3v) is 5.29. The van der Waals surface area contributed by atoms with Gasteiger partial charge in [0.15, 0.2) is 0 Å². The molecule has 1 aliphatic heterocycles. The number of benzene rings is 2. The lowest BCUT2D eigenvalue weighted by atomic mass is 10.1. The summed E-state index contributed by atoms with van der Waals surface area (Å²) in [4.78, 5) is 18.0. The van der Waals surface area contributed by atoms with E-state index in [1.54, 1.807) is 18.2 Å². The van der Waals surface area contributed by atoms with Crippen LogP contribution in [0.1, 0.15) is 18.4 Å². The van der Waals surface area contributed by atoms with Gasteiger partial charge in [-0.15, -0.1) is 0 Å². The molecule has 0 saturated carbocycles. The van der Waals surface area contributed by atoms with Gasteiger partial charge in [-0.05, 0) is 31.0 Å². The molecule has 0 atom stereocenters. The number of rotatable bonds is 5.